The van der Waals surface area contributed by atoms with Crippen LogP contribution in [0.5, 0.6) is 11.5 Å². The summed E-state index contributed by atoms with van der Waals surface area (Å²) in [6, 6.07) is 14.3. The van der Waals surface area contributed by atoms with Gasteiger partial charge in [-0.1, -0.05) is 24.3 Å². The number of aryl methyl sites for hydroxylation is 2. The molecule has 94 valence electrons. The van der Waals surface area contributed by atoms with Crippen LogP contribution in [0.2, 0.25) is 0 Å². The Hall–Kier alpha value is -1.80. The second kappa shape index (κ2) is 5.69. The van der Waals surface area contributed by atoms with Gasteiger partial charge in [-0.2, -0.15) is 0 Å². The fraction of sp³-hybridized carbons (Fsp3) is 0.250. The molecule has 0 radical (unpaired) electrons. The van der Waals surface area contributed by atoms with E-state index in [1.165, 1.54) is 11.1 Å². The van der Waals surface area contributed by atoms with Crippen LogP contribution in [0.3, 0.4) is 0 Å². The molecule has 0 amide bonds. The van der Waals surface area contributed by atoms with Crippen LogP contribution in [0.4, 0.5) is 0 Å². The molecule has 2 N–H and O–H groups in total. The van der Waals surface area contributed by atoms with Crippen molar-refractivity contribution < 1.29 is 4.74 Å². The second-order valence-corrected chi connectivity index (χ2v) is 4.55. The van der Waals surface area contributed by atoms with Gasteiger partial charge in [-0.05, 0) is 61.7 Å². The van der Waals surface area contributed by atoms with Crippen molar-refractivity contribution in [3.8, 4) is 11.5 Å². The maximum absolute atomic E-state index is 5.89. The van der Waals surface area contributed by atoms with E-state index < -0.39 is 0 Å². The first-order valence-electron chi connectivity index (χ1n) is 6.23. The zero-order valence-corrected chi connectivity index (χ0v) is 10.9. The van der Waals surface area contributed by atoms with E-state index in [-0.39, 0.29) is 0 Å². The Bertz CT molecular complexity index is 517. The molecule has 0 atom stereocenters. The Morgan fingerprint density at radius 3 is 2.39 bits per heavy atom. The lowest BCUT2D eigenvalue weighted by molar-refractivity contribution is 0.478. The largest absolute Gasteiger partial charge is 0.457 e. The van der Waals surface area contributed by atoms with Gasteiger partial charge in [0.2, 0.25) is 0 Å². The third kappa shape index (κ3) is 3.11. The predicted molar refractivity (Wildman–Crippen MR) is 75.2 cm³/mol. The van der Waals surface area contributed by atoms with Crippen LogP contribution in [0.1, 0.15) is 16.7 Å². The van der Waals surface area contributed by atoms with Gasteiger partial charge in [-0.15, -0.1) is 0 Å². The van der Waals surface area contributed by atoms with Crippen molar-refractivity contribution in [1.82, 2.24) is 0 Å². The van der Waals surface area contributed by atoms with Gasteiger partial charge >= 0.3 is 0 Å². The minimum atomic E-state index is 0.678. The van der Waals surface area contributed by atoms with Gasteiger partial charge in [0, 0.05) is 0 Å². The molecule has 2 heteroatoms. The monoisotopic (exact) mass is 241 g/mol. The van der Waals surface area contributed by atoms with Gasteiger partial charge in [0.25, 0.3) is 0 Å². The smallest absolute Gasteiger partial charge is 0.130 e. The lowest BCUT2D eigenvalue weighted by Crippen LogP contribution is -2.02. The minimum absolute atomic E-state index is 0.678. The van der Waals surface area contributed by atoms with Gasteiger partial charge in [0.15, 0.2) is 0 Å². The molecule has 0 heterocycles. The first-order valence-corrected chi connectivity index (χ1v) is 6.23. The number of benzene rings is 2. The number of hydrogen-bond acceptors (Lipinski definition) is 2. The summed E-state index contributed by atoms with van der Waals surface area (Å²) in [6.45, 7) is 4.80. The van der Waals surface area contributed by atoms with Gasteiger partial charge in [-0.3, -0.25) is 0 Å². The van der Waals surface area contributed by atoms with Crippen molar-refractivity contribution in [3.05, 3.63) is 59.2 Å². The Kier molecular flexibility index (Phi) is 4.00. The molecule has 0 fully saturated rings. The minimum Gasteiger partial charge on any atom is -0.457 e. The highest BCUT2D eigenvalue weighted by Gasteiger charge is 2.02. The Morgan fingerprint density at radius 2 is 1.72 bits per heavy atom. The van der Waals surface area contributed by atoms with Crippen molar-refractivity contribution in [3.63, 3.8) is 0 Å². The molecular formula is C16H19NO. The molecule has 0 aromatic heterocycles. The summed E-state index contributed by atoms with van der Waals surface area (Å²) in [4.78, 5) is 0. The van der Waals surface area contributed by atoms with Gasteiger partial charge < -0.3 is 10.5 Å². The van der Waals surface area contributed by atoms with E-state index in [0.717, 1.165) is 23.5 Å². The molecule has 2 aromatic rings. The summed E-state index contributed by atoms with van der Waals surface area (Å²) in [7, 11) is 0. The molecule has 2 nitrogen and oxygen atoms in total. The van der Waals surface area contributed by atoms with E-state index in [4.69, 9.17) is 10.5 Å². The van der Waals surface area contributed by atoms with Gasteiger partial charge in [-0.25, -0.2) is 0 Å². The summed E-state index contributed by atoms with van der Waals surface area (Å²) in [5.41, 5.74) is 9.12. The standard InChI is InChI=1S/C16H19NO/c1-12-3-4-13(2)16(11-12)18-15-7-5-14(6-8-15)9-10-17/h3-8,11H,9-10,17H2,1-2H3. The Balaban J connectivity index is 2.15. The van der Waals surface area contributed by atoms with Crippen molar-refractivity contribution in [1.29, 1.82) is 0 Å². The van der Waals surface area contributed by atoms with E-state index in [2.05, 4.69) is 44.2 Å². The maximum Gasteiger partial charge on any atom is 0.130 e. The van der Waals surface area contributed by atoms with E-state index >= 15 is 0 Å². The highest BCUT2D eigenvalue weighted by Crippen LogP contribution is 2.26. The quantitative estimate of drug-likeness (QED) is 0.887. The average Bonchev–Trinajstić information content (AvgIpc) is 2.37. The summed E-state index contributed by atoms with van der Waals surface area (Å²) in [5.74, 6) is 1.78. The Morgan fingerprint density at radius 1 is 1.00 bits per heavy atom. The molecule has 0 saturated carbocycles. The van der Waals surface area contributed by atoms with Crippen LogP contribution >= 0.6 is 0 Å². The third-order valence-corrected chi connectivity index (χ3v) is 2.93. The van der Waals surface area contributed by atoms with Gasteiger partial charge in [0.1, 0.15) is 11.5 Å². The molecule has 0 unspecified atom stereocenters. The summed E-state index contributed by atoms with van der Waals surface area (Å²) >= 11 is 0. The fourth-order valence-corrected chi connectivity index (χ4v) is 1.84. The zero-order chi connectivity index (χ0) is 13.0. The lowest BCUT2D eigenvalue weighted by atomic mass is 10.1. The third-order valence-electron chi connectivity index (χ3n) is 2.93. The number of nitrogens with two attached hydrogens (primary N) is 1. The van der Waals surface area contributed by atoms with Crippen LogP contribution in [0.15, 0.2) is 42.5 Å². The van der Waals surface area contributed by atoms with Crippen molar-refractivity contribution in [2.75, 3.05) is 6.54 Å². The van der Waals surface area contributed by atoms with Gasteiger partial charge in [0.05, 0.1) is 0 Å². The van der Waals surface area contributed by atoms with E-state index in [9.17, 15) is 0 Å². The van der Waals surface area contributed by atoms with Crippen LogP contribution < -0.4 is 10.5 Å². The molecule has 0 bridgehead atoms. The number of rotatable bonds is 4. The van der Waals surface area contributed by atoms with Crippen LogP contribution in [-0.2, 0) is 6.42 Å². The first kappa shape index (κ1) is 12.7. The van der Waals surface area contributed by atoms with Crippen LogP contribution in [0.25, 0.3) is 0 Å². The summed E-state index contributed by atoms with van der Waals surface area (Å²) in [6.07, 6.45) is 0.907. The van der Waals surface area contributed by atoms with E-state index in [0.29, 0.717) is 6.54 Å². The van der Waals surface area contributed by atoms with Crippen LogP contribution in [0, 0.1) is 13.8 Å². The molecular weight excluding hydrogens is 222 g/mol. The lowest BCUT2D eigenvalue weighted by Gasteiger charge is -2.10. The number of hydrogen-bond donors (Lipinski definition) is 1. The molecule has 0 aliphatic rings. The van der Waals surface area contributed by atoms with Crippen molar-refractivity contribution in [2.24, 2.45) is 5.73 Å². The highest BCUT2D eigenvalue weighted by molar-refractivity contribution is 5.40. The average molecular weight is 241 g/mol. The molecule has 0 saturated heterocycles. The predicted octanol–water partition coefficient (Wildman–Crippen LogP) is 3.60. The molecule has 2 rings (SSSR count). The molecule has 18 heavy (non-hydrogen) atoms. The fourth-order valence-electron chi connectivity index (χ4n) is 1.84. The molecule has 0 aliphatic carbocycles. The molecule has 0 aliphatic heterocycles. The highest BCUT2D eigenvalue weighted by atomic mass is 16.5. The summed E-state index contributed by atoms with van der Waals surface area (Å²) < 4.78 is 5.89. The van der Waals surface area contributed by atoms with E-state index in [1.807, 2.05) is 12.1 Å². The van der Waals surface area contributed by atoms with Crippen molar-refractivity contribution >= 4 is 0 Å². The van der Waals surface area contributed by atoms with E-state index in [1.54, 1.807) is 0 Å². The molecule has 0 spiro atoms. The topological polar surface area (TPSA) is 35.2 Å². The maximum atomic E-state index is 5.89. The molecule has 2 aromatic carbocycles. The second-order valence-electron chi connectivity index (χ2n) is 4.55. The van der Waals surface area contributed by atoms with Crippen LogP contribution in [-0.4, -0.2) is 6.54 Å². The normalized spacial score (nSPS) is 10.4. The summed E-state index contributed by atoms with van der Waals surface area (Å²) in [5, 5.41) is 0. The number of ether oxygens (including phenoxy) is 1. The first-order chi connectivity index (χ1) is 8.69. The zero-order valence-electron chi connectivity index (χ0n) is 10.9. The Labute approximate surface area is 108 Å². The SMILES string of the molecule is Cc1ccc(C)c(Oc2ccc(CCN)cc2)c1. The van der Waals surface area contributed by atoms with Crippen molar-refractivity contribution in [2.45, 2.75) is 20.3 Å².